The van der Waals surface area contributed by atoms with Crippen LogP contribution in [-0.2, 0) is 14.3 Å². The third-order valence-corrected chi connectivity index (χ3v) is 3.76. The molecule has 2 aromatic carbocycles. The zero-order chi connectivity index (χ0) is 20.5. The molecular weight excluding hydrogens is 360 g/mol. The number of ether oxygens (including phenoxy) is 1. The second kappa shape index (κ2) is 10.0. The number of hydrogen-bond acceptors (Lipinski definition) is 5. The Morgan fingerprint density at radius 3 is 2.50 bits per heavy atom. The average molecular weight is 382 g/mol. The molecule has 0 saturated heterocycles. The molecule has 2 rings (SSSR count). The van der Waals surface area contributed by atoms with Gasteiger partial charge in [0.25, 0.3) is 5.69 Å². The highest BCUT2D eigenvalue weighted by Gasteiger charge is 2.19. The maximum absolute atomic E-state index is 12.3. The summed E-state index contributed by atoms with van der Waals surface area (Å²) in [6.45, 7) is 3.52. The Bertz CT molecular complexity index is 862. The van der Waals surface area contributed by atoms with Crippen molar-refractivity contribution in [3.8, 4) is 0 Å². The Labute approximate surface area is 163 Å². The van der Waals surface area contributed by atoms with Crippen molar-refractivity contribution in [2.24, 2.45) is 0 Å². The number of nitro benzene ring substituents is 1. The summed E-state index contributed by atoms with van der Waals surface area (Å²) in [5.74, 6) is -0.829. The van der Waals surface area contributed by atoms with Gasteiger partial charge in [0.2, 0.25) is 5.91 Å². The molecule has 0 aliphatic carbocycles. The van der Waals surface area contributed by atoms with Crippen molar-refractivity contribution in [3.05, 3.63) is 81.9 Å². The molecule has 28 heavy (non-hydrogen) atoms. The predicted molar refractivity (Wildman–Crippen MR) is 105 cm³/mol. The van der Waals surface area contributed by atoms with Crippen LogP contribution in [0.5, 0.6) is 0 Å². The van der Waals surface area contributed by atoms with Crippen LogP contribution in [0.1, 0.15) is 37.4 Å². The number of esters is 1. The summed E-state index contributed by atoms with van der Waals surface area (Å²) < 4.78 is 5.18. The van der Waals surface area contributed by atoms with Crippen molar-refractivity contribution in [1.82, 2.24) is 5.32 Å². The summed E-state index contributed by atoms with van der Waals surface area (Å²) in [5, 5.41) is 13.6. The molecule has 0 bridgehead atoms. The van der Waals surface area contributed by atoms with Gasteiger partial charge < -0.3 is 10.1 Å². The molecule has 0 aliphatic rings. The number of rotatable bonds is 8. The summed E-state index contributed by atoms with van der Waals surface area (Å²) in [6.07, 6.45) is 2.52. The van der Waals surface area contributed by atoms with Crippen LogP contribution in [0.3, 0.4) is 0 Å². The van der Waals surface area contributed by atoms with E-state index in [1.807, 2.05) is 30.3 Å². The van der Waals surface area contributed by atoms with Crippen LogP contribution in [0.2, 0.25) is 0 Å². The summed E-state index contributed by atoms with van der Waals surface area (Å²) >= 11 is 0. The number of hydrogen-bond donors (Lipinski definition) is 1. The molecule has 0 fully saturated rings. The van der Waals surface area contributed by atoms with Crippen LogP contribution < -0.4 is 5.32 Å². The van der Waals surface area contributed by atoms with E-state index in [2.05, 4.69) is 5.32 Å². The normalized spacial score (nSPS) is 12.0. The lowest BCUT2D eigenvalue weighted by Crippen LogP contribution is -2.29. The minimum Gasteiger partial charge on any atom is -0.463 e. The molecule has 7 heteroatoms. The quantitative estimate of drug-likeness (QED) is 0.324. The van der Waals surface area contributed by atoms with E-state index in [0.29, 0.717) is 5.56 Å². The molecule has 1 amide bonds. The standard InChI is InChI=1S/C21H22N2O5/c1-15(2)28-21(25)14-19(17-8-4-3-5-9-17)22-20(24)12-11-16-7-6-10-18(13-16)23(26)27/h3-13,15,19H,14H2,1-2H3,(H,22,24)/b12-11+. The molecule has 1 N–H and O–H groups in total. The van der Waals surface area contributed by atoms with Crippen molar-refractivity contribution >= 4 is 23.6 Å². The molecule has 2 aromatic rings. The third-order valence-electron chi connectivity index (χ3n) is 3.76. The first-order chi connectivity index (χ1) is 13.3. The van der Waals surface area contributed by atoms with Crippen LogP contribution in [0.25, 0.3) is 6.08 Å². The Morgan fingerprint density at radius 1 is 1.14 bits per heavy atom. The maximum Gasteiger partial charge on any atom is 0.308 e. The van der Waals surface area contributed by atoms with Crippen molar-refractivity contribution in [3.63, 3.8) is 0 Å². The second-order valence-electron chi connectivity index (χ2n) is 6.40. The zero-order valence-corrected chi connectivity index (χ0v) is 15.7. The number of nitrogens with one attached hydrogen (secondary N) is 1. The Morgan fingerprint density at radius 2 is 1.86 bits per heavy atom. The molecule has 0 aromatic heterocycles. The molecule has 1 atom stereocenters. The number of non-ortho nitro benzene ring substituents is 1. The van der Waals surface area contributed by atoms with Gasteiger partial charge in [-0.3, -0.25) is 19.7 Å². The molecule has 0 aliphatic heterocycles. The molecule has 0 spiro atoms. The molecule has 1 unspecified atom stereocenters. The van der Waals surface area contributed by atoms with Gasteiger partial charge in [-0.25, -0.2) is 0 Å². The van der Waals surface area contributed by atoms with E-state index in [4.69, 9.17) is 4.74 Å². The first-order valence-corrected chi connectivity index (χ1v) is 8.82. The fourth-order valence-corrected chi connectivity index (χ4v) is 2.55. The van der Waals surface area contributed by atoms with E-state index in [0.717, 1.165) is 5.56 Å². The molecule has 0 saturated carbocycles. The maximum atomic E-state index is 12.3. The fraction of sp³-hybridized carbons (Fsp3) is 0.238. The van der Waals surface area contributed by atoms with Crippen molar-refractivity contribution in [2.75, 3.05) is 0 Å². The van der Waals surface area contributed by atoms with Gasteiger partial charge in [0.05, 0.1) is 23.5 Å². The van der Waals surface area contributed by atoms with Crippen LogP contribution >= 0.6 is 0 Å². The minimum atomic E-state index is -0.547. The lowest BCUT2D eigenvalue weighted by Gasteiger charge is -2.18. The van der Waals surface area contributed by atoms with E-state index in [1.165, 1.54) is 24.3 Å². The number of carbonyl (C=O) groups is 2. The molecule has 0 radical (unpaired) electrons. The van der Waals surface area contributed by atoms with Gasteiger partial charge >= 0.3 is 5.97 Å². The van der Waals surface area contributed by atoms with E-state index < -0.39 is 22.8 Å². The summed E-state index contributed by atoms with van der Waals surface area (Å²) in [4.78, 5) is 34.7. The van der Waals surface area contributed by atoms with Gasteiger partial charge in [-0.2, -0.15) is 0 Å². The van der Waals surface area contributed by atoms with Crippen LogP contribution in [-0.4, -0.2) is 22.9 Å². The SMILES string of the molecule is CC(C)OC(=O)CC(NC(=O)/C=C/c1cccc([N+](=O)[O-])c1)c1ccccc1. The highest BCUT2D eigenvalue weighted by Crippen LogP contribution is 2.18. The summed E-state index contributed by atoms with van der Waals surface area (Å²) in [6, 6.07) is 14.5. The second-order valence-corrected chi connectivity index (χ2v) is 6.40. The van der Waals surface area contributed by atoms with Gasteiger partial charge in [0, 0.05) is 18.2 Å². The Kier molecular flexibility index (Phi) is 7.45. The molecule has 7 nitrogen and oxygen atoms in total. The lowest BCUT2D eigenvalue weighted by atomic mass is 10.0. The highest BCUT2D eigenvalue weighted by atomic mass is 16.6. The molecule has 146 valence electrons. The lowest BCUT2D eigenvalue weighted by molar-refractivity contribution is -0.384. The van der Waals surface area contributed by atoms with Crippen LogP contribution in [0, 0.1) is 10.1 Å². The first kappa shape index (κ1) is 20.8. The number of carbonyl (C=O) groups excluding carboxylic acids is 2. The van der Waals surface area contributed by atoms with E-state index in [1.54, 1.807) is 26.0 Å². The van der Waals surface area contributed by atoms with E-state index in [-0.39, 0.29) is 18.2 Å². The largest absolute Gasteiger partial charge is 0.463 e. The zero-order valence-electron chi connectivity index (χ0n) is 15.7. The Balaban J connectivity index is 2.10. The molecular formula is C21H22N2O5. The average Bonchev–Trinajstić information content (AvgIpc) is 2.66. The summed E-state index contributed by atoms with van der Waals surface area (Å²) in [7, 11) is 0. The van der Waals surface area contributed by atoms with Gasteiger partial charge in [0.1, 0.15) is 0 Å². The highest BCUT2D eigenvalue weighted by molar-refractivity contribution is 5.92. The molecule has 0 heterocycles. The minimum absolute atomic E-state index is 0.00141. The van der Waals surface area contributed by atoms with Crippen molar-refractivity contribution in [2.45, 2.75) is 32.4 Å². The fourth-order valence-electron chi connectivity index (χ4n) is 2.55. The predicted octanol–water partition coefficient (Wildman–Crippen LogP) is 3.81. The van der Waals surface area contributed by atoms with E-state index >= 15 is 0 Å². The smallest absolute Gasteiger partial charge is 0.308 e. The van der Waals surface area contributed by atoms with Crippen LogP contribution in [0.15, 0.2) is 60.7 Å². The third kappa shape index (κ3) is 6.68. The van der Waals surface area contributed by atoms with E-state index in [9.17, 15) is 19.7 Å². The number of nitro groups is 1. The van der Waals surface area contributed by atoms with Gasteiger partial charge in [0.15, 0.2) is 0 Å². The van der Waals surface area contributed by atoms with Crippen molar-refractivity contribution < 1.29 is 19.2 Å². The number of amides is 1. The van der Waals surface area contributed by atoms with Gasteiger partial charge in [-0.05, 0) is 31.1 Å². The Hall–Kier alpha value is -3.48. The van der Waals surface area contributed by atoms with Gasteiger partial charge in [-0.15, -0.1) is 0 Å². The monoisotopic (exact) mass is 382 g/mol. The first-order valence-electron chi connectivity index (χ1n) is 8.82. The number of benzene rings is 2. The van der Waals surface area contributed by atoms with Crippen molar-refractivity contribution in [1.29, 1.82) is 0 Å². The number of nitrogens with zero attached hydrogens (tertiary/aromatic N) is 1. The van der Waals surface area contributed by atoms with Crippen LogP contribution in [0.4, 0.5) is 5.69 Å². The topological polar surface area (TPSA) is 98.5 Å². The summed E-state index contributed by atoms with van der Waals surface area (Å²) in [5.41, 5.74) is 1.25. The van der Waals surface area contributed by atoms with Gasteiger partial charge in [-0.1, -0.05) is 42.5 Å².